The Morgan fingerprint density at radius 3 is 2.73 bits per heavy atom. The minimum absolute atomic E-state index is 0.0691. The number of ether oxygens (including phenoxy) is 2. The van der Waals surface area contributed by atoms with Gasteiger partial charge in [-0.1, -0.05) is 44.0 Å². The fourth-order valence-corrected chi connectivity index (χ4v) is 4.87. The van der Waals surface area contributed by atoms with E-state index in [1.165, 1.54) is 17.8 Å². The maximum absolute atomic E-state index is 12.8. The topological polar surface area (TPSA) is 93.3 Å². The van der Waals surface area contributed by atoms with E-state index < -0.39 is 5.54 Å². The molecule has 1 fully saturated rings. The Morgan fingerprint density at radius 2 is 1.97 bits per heavy atom. The van der Waals surface area contributed by atoms with Gasteiger partial charge in [0.15, 0.2) is 16.7 Å². The second-order valence-corrected chi connectivity index (χ2v) is 8.74. The van der Waals surface area contributed by atoms with E-state index in [1.807, 2.05) is 25.1 Å². The van der Waals surface area contributed by atoms with Gasteiger partial charge >= 0.3 is 0 Å². The summed E-state index contributed by atoms with van der Waals surface area (Å²) in [6.45, 7) is 3.14. The number of hydrogen-bond donors (Lipinski definition) is 2. The van der Waals surface area contributed by atoms with Crippen molar-refractivity contribution in [1.29, 1.82) is 0 Å². The number of aromatic nitrogens is 2. The van der Waals surface area contributed by atoms with Crippen molar-refractivity contribution in [1.82, 2.24) is 15.3 Å². The first-order valence-electron chi connectivity index (χ1n) is 10.5. The maximum atomic E-state index is 12.8. The third-order valence-corrected chi connectivity index (χ3v) is 6.42. The number of nitrogens with one attached hydrogen (secondary N) is 2. The molecule has 1 aliphatic heterocycles. The van der Waals surface area contributed by atoms with Crippen LogP contribution in [0.4, 0.5) is 0 Å². The molecule has 2 N–H and O–H groups in total. The Kier molecular flexibility index (Phi) is 6.32. The zero-order valence-electron chi connectivity index (χ0n) is 17.2. The Bertz CT molecular complexity index is 969. The zero-order valence-corrected chi connectivity index (χ0v) is 18.0. The van der Waals surface area contributed by atoms with Gasteiger partial charge in [0.25, 0.3) is 5.56 Å². The number of carbonyl (C=O) groups excluding carboxylic acids is 1. The summed E-state index contributed by atoms with van der Waals surface area (Å²) >= 11 is 1.26. The Balaban J connectivity index is 1.46. The molecule has 2 heterocycles. The molecule has 30 heavy (non-hydrogen) atoms. The van der Waals surface area contributed by atoms with Crippen molar-refractivity contribution in [3.05, 3.63) is 45.9 Å². The Morgan fingerprint density at radius 1 is 1.20 bits per heavy atom. The highest BCUT2D eigenvalue weighted by molar-refractivity contribution is 7.99. The molecule has 1 amide bonds. The number of aryl methyl sites for hydroxylation is 1. The second kappa shape index (κ2) is 9.12. The third-order valence-electron chi connectivity index (χ3n) is 5.55. The predicted molar refractivity (Wildman–Crippen MR) is 115 cm³/mol. The van der Waals surface area contributed by atoms with Crippen LogP contribution in [0.1, 0.15) is 50.3 Å². The lowest BCUT2D eigenvalue weighted by Crippen LogP contribution is -2.44. The average molecular weight is 430 g/mol. The summed E-state index contributed by atoms with van der Waals surface area (Å²) < 4.78 is 11.4. The molecule has 0 radical (unpaired) electrons. The molecule has 160 valence electrons. The van der Waals surface area contributed by atoms with Crippen molar-refractivity contribution in [2.75, 3.05) is 19.0 Å². The molecule has 0 spiro atoms. The van der Waals surface area contributed by atoms with Crippen LogP contribution in [0.15, 0.2) is 34.2 Å². The van der Waals surface area contributed by atoms with Gasteiger partial charge in [0.2, 0.25) is 5.91 Å². The van der Waals surface area contributed by atoms with Crippen molar-refractivity contribution >= 4 is 17.7 Å². The quantitative estimate of drug-likeness (QED) is 0.519. The third kappa shape index (κ3) is 4.64. The first-order chi connectivity index (χ1) is 14.6. The second-order valence-electron chi connectivity index (χ2n) is 7.78. The first-order valence-corrected chi connectivity index (χ1v) is 11.5. The van der Waals surface area contributed by atoms with Gasteiger partial charge in [-0.3, -0.25) is 9.59 Å². The fourth-order valence-electron chi connectivity index (χ4n) is 4.18. The normalized spacial score (nSPS) is 17.0. The first kappa shape index (κ1) is 20.8. The van der Waals surface area contributed by atoms with E-state index in [0.29, 0.717) is 18.4 Å². The van der Waals surface area contributed by atoms with E-state index in [9.17, 15) is 9.59 Å². The highest BCUT2D eigenvalue weighted by Gasteiger charge is 2.37. The average Bonchev–Trinajstić information content (AvgIpc) is 3.21. The summed E-state index contributed by atoms with van der Waals surface area (Å²) in [5, 5.41) is 3.75. The lowest BCUT2D eigenvalue weighted by molar-refractivity contribution is -0.120. The number of amides is 1. The minimum Gasteiger partial charge on any atom is -0.486 e. The van der Waals surface area contributed by atoms with Crippen molar-refractivity contribution in [2.24, 2.45) is 0 Å². The van der Waals surface area contributed by atoms with Gasteiger partial charge in [0.1, 0.15) is 13.2 Å². The van der Waals surface area contributed by atoms with Gasteiger partial charge in [-0.05, 0) is 37.0 Å². The predicted octanol–water partition coefficient (Wildman–Crippen LogP) is 3.17. The molecular weight excluding hydrogens is 402 g/mol. The number of thioether (sulfide) groups is 1. The van der Waals surface area contributed by atoms with Gasteiger partial charge in [0.05, 0.1) is 11.3 Å². The zero-order chi connectivity index (χ0) is 21.0. The summed E-state index contributed by atoms with van der Waals surface area (Å²) in [6, 6.07) is 7.47. The molecule has 1 aliphatic carbocycles. The molecule has 4 rings (SSSR count). The van der Waals surface area contributed by atoms with E-state index >= 15 is 0 Å². The number of benzene rings is 1. The van der Waals surface area contributed by atoms with Crippen LogP contribution in [-0.2, 0) is 16.8 Å². The van der Waals surface area contributed by atoms with Crippen molar-refractivity contribution in [3.8, 4) is 11.5 Å². The number of H-pyrrole nitrogens is 1. The Hall–Kier alpha value is -2.48. The molecule has 0 unspecified atom stereocenters. The van der Waals surface area contributed by atoms with E-state index in [4.69, 9.17) is 9.47 Å². The summed E-state index contributed by atoms with van der Waals surface area (Å²) in [6.07, 6.45) is 5.58. The van der Waals surface area contributed by atoms with E-state index in [0.717, 1.165) is 61.3 Å². The van der Waals surface area contributed by atoms with Crippen LogP contribution in [0.5, 0.6) is 11.5 Å². The van der Waals surface area contributed by atoms with E-state index in [-0.39, 0.29) is 17.2 Å². The number of carbonyl (C=O) groups is 1. The van der Waals surface area contributed by atoms with Gasteiger partial charge < -0.3 is 19.8 Å². The van der Waals surface area contributed by atoms with Crippen molar-refractivity contribution in [3.63, 3.8) is 0 Å². The fraction of sp³-hybridized carbons (Fsp3) is 0.500. The van der Waals surface area contributed by atoms with Crippen LogP contribution >= 0.6 is 11.8 Å². The van der Waals surface area contributed by atoms with Gasteiger partial charge in [0, 0.05) is 11.8 Å². The van der Waals surface area contributed by atoms with Crippen LogP contribution in [0.3, 0.4) is 0 Å². The maximum Gasteiger partial charge on any atom is 0.251 e. The number of rotatable bonds is 7. The minimum atomic E-state index is -0.390. The molecule has 2 aromatic rings. The number of hydrogen-bond acceptors (Lipinski definition) is 6. The van der Waals surface area contributed by atoms with Crippen LogP contribution in [-0.4, -0.2) is 34.8 Å². The molecule has 0 atom stereocenters. The molecule has 8 heteroatoms. The summed E-state index contributed by atoms with van der Waals surface area (Å²) in [7, 11) is 0. The lowest BCUT2D eigenvalue weighted by atomic mass is 9.87. The lowest BCUT2D eigenvalue weighted by Gasteiger charge is -2.32. The molecule has 2 aliphatic rings. The van der Waals surface area contributed by atoms with Crippen molar-refractivity contribution in [2.45, 2.75) is 56.1 Å². The highest BCUT2D eigenvalue weighted by atomic mass is 32.2. The monoisotopic (exact) mass is 429 g/mol. The molecule has 0 bridgehead atoms. The van der Waals surface area contributed by atoms with Gasteiger partial charge in [-0.2, -0.15) is 0 Å². The highest BCUT2D eigenvalue weighted by Crippen LogP contribution is 2.42. The van der Waals surface area contributed by atoms with E-state index in [2.05, 4.69) is 15.3 Å². The van der Waals surface area contributed by atoms with Crippen LogP contribution in [0.25, 0.3) is 0 Å². The van der Waals surface area contributed by atoms with Crippen molar-refractivity contribution < 1.29 is 14.3 Å². The number of nitrogens with zero attached hydrogens (tertiary/aromatic N) is 1. The summed E-state index contributed by atoms with van der Waals surface area (Å²) in [5.41, 5.74) is 1.24. The van der Waals surface area contributed by atoms with Crippen LogP contribution in [0.2, 0.25) is 0 Å². The standard InChI is InChI=1S/C22H27N3O4S/c1-2-5-16-13-19(26)24-21(23-16)30-14-20(27)25-22(8-3-4-9-22)15-6-7-17-18(12-15)29-11-10-28-17/h6-7,12-13H,2-5,8-11,14H2,1H3,(H,25,27)(H,23,24,26). The summed E-state index contributed by atoms with van der Waals surface area (Å²) in [5.74, 6) is 1.62. The Labute approximate surface area is 180 Å². The van der Waals surface area contributed by atoms with Gasteiger partial charge in [-0.15, -0.1) is 0 Å². The SMILES string of the molecule is CCCc1cc(=O)[nH]c(SCC(=O)NC2(c3ccc4c(c3)OCCO4)CCCC2)n1. The largest absolute Gasteiger partial charge is 0.486 e. The number of aromatic amines is 1. The van der Waals surface area contributed by atoms with Crippen LogP contribution in [0, 0.1) is 0 Å². The molecule has 7 nitrogen and oxygen atoms in total. The van der Waals surface area contributed by atoms with Gasteiger partial charge in [-0.25, -0.2) is 4.98 Å². The molecule has 0 saturated heterocycles. The van der Waals surface area contributed by atoms with E-state index in [1.54, 1.807) is 0 Å². The molecule has 1 aromatic heterocycles. The smallest absolute Gasteiger partial charge is 0.251 e. The molecule has 1 aromatic carbocycles. The number of fused-ring (bicyclic) bond motifs is 1. The van der Waals surface area contributed by atoms with Crippen LogP contribution < -0.4 is 20.3 Å². The molecular formula is C22H27N3O4S. The molecule has 1 saturated carbocycles. The summed E-state index contributed by atoms with van der Waals surface area (Å²) in [4.78, 5) is 31.8.